The van der Waals surface area contributed by atoms with Gasteiger partial charge < -0.3 is 5.32 Å². The summed E-state index contributed by atoms with van der Waals surface area (Å²) in [5, 5.41) is 3.17. The Kier molecular flexibility index (Phi) is 3.91. The van der Waals surface area contributed by atoms with Gasteiger partial charge in [0.05, 0.1) is 17.6 Å². The predicted octanol–water partition coefficient (Wildman–Crippen LogP) is 2.68. The number of nitrogens with one attached hydrogen (secondary N) is 2. The van der Waals surface area contributed by atoms with Gasteiger partial charge in [0, 0.05) is 11.9 Å². The highest BCUT2D eigenvalue weighted by Crippen LogP contribution is 2.24. The lowest BCUT2D eigenvalue weighted by Crippen LogP contribution is -2.05. The molecule has 0 saturated heterocycles. The summed E-state index contributed by atoms with van der Waals surface area (Å²) in [6.07, 6.45) is 3.11. The van der Waals surface area contributed by atoms with Gasteiger partial charge in [0.15, 0.2) is 0 Å². The van der Waals surface area contributed by atoms with Gasteiger partial charge in [-0.2, -0.15) is 0 Å². The van der Waals surface area contributed by atoms with Crippen LogP contribution >= 0.6 is 0 Å². The highest BCUT2D eigenvalue weighted by Gasteiger charge is 2.04. The minimum Gasteiger partial charge on any atom is -0.354 e. The summed E-state index contributed by atoms with van der Waals surface area (Å²) >= 11 is -2.12. The van der Waals surface area contributed by atoms with Gasteiger partial charge >= 0.3 is 0 Å². The Morgan fingerprint density at radius 2 is 2.11 bits per heavy atom. The zero-order chi connectivity index (χ0) is 13.0. The van der Waals surface area contributed by atoms with Gasteiger partial charge in [0.1, 0.15) is 0 Å². The van der Waals surface area contributed by atoms with E-state index in [1.54, 1.807) is 12.3 Å². The second kappa shape index (κ2) is 5.61. The van der Waals surface area contributed by atoms with Crippen molar-refractivity contribution in [3.05, 3.63) is 48.3 Å². The minimum absolute atomic E-state index is 0.472. The van der Waals surface area contributed by atoms with Crippen LogP contribution < -0.4 is 10.0 Å². The van der Waals surface area contributed by atoms with E-state index in [0.717, 1.165) is 11.3 Å². The van der Waals surface area contributed by atoms with Gasteiger partial charge in [-0.15, -0.1) is 0 Å². The van der Waals surface area contributed by atoms with E-state index in [1.807, 2.05) is 31.2 Å². The van der Waals surface area contributed by atoms with E-state index >= 15 is 0 Å². The highest BCUT2D eigenvalue weighted by atomic mass is 32.2. The van der Waals surface area contributed by atoms with Crippen LogP contribution in [0.15, 0.2) is 42.7 Å². The van der Waals surface area contributed by atoms with Gasteiger partial charge in [-0.1, -0.05) is 12.1 Å². The Balaban J connectivity index is 2.26. The van der Waals surface area contributed by atoms with Crippen molar-refractivity contribution in [3.8, 4) is 0 Å². The molecule has 1 aromatic heterocycles. The second-order valence-corrected chi connectivity index (χ2v) is 4.47. The van der Waals surface area contributed by atoms with Crippen LogP contribution in [-0.2, 0) is 11.3 Å². The molecule has 2 rings (SSSR count). The number of rotatable bonds is 4. The molecule has 0 aliphatic carbocycles. The van der Waals surface area contributed by atoms with Crippen molar-refractivity contribution in [2.75, 3.05) is 10.0 Å². The van der Waals surface area contributed by atoms with Crippen LogP contribution in [0.1, 0.15) is 5.56 Å². The molecule has 0 radical (unpaired) electrons. The Morgan fingerprint density at radius 1 is 1.28 bits per heavy atom. The lowest BCUT2D eigenvalue weighted by molar-refractivity contribution is 0.570. The first-order valence-corrected chi connectivity index (χ1v) is 6.41. The molecule has 0 aliphatic heterocycles. The van der Waals surface area contributed by atoms with Crippen LogP contribution in [0, 0.1) is 6.92 Å². The molecule has 0 fully saturated rings. The van der Waals surface area contributed by atoms with E-state index in [0.29, 0.717) is 11.4 Å². The van der Waals surface area contributed by atoms with Gasteiger partial charge in [0.2, 0.25) is 0 Å². The van der Waals surface area contributed by atoms with E-state index in [4.69, 9.17) is 4.55 Å². The number of aryl methyl sites for hydroxylation is 1. The first kappa shape index (κ1) is 12.5. The van der Waals surface area contributed by atoms with Crippen molar-refractivity contribution in [1.82, 2.24) is 4.98 Å². The molecule has 1 atom stereocenters. The molecule has 0 saturated carbocycles. The number of aromatic nitrogens is 1. The van der Waals surface area contributed by atoms with Crippen LogP contribution in [0.2, 0.25) is 0 Å². The Hall–Kier alpha value is -1.92. The van der Waals surface area contributed by atoms with Crippen LogP contribution in [0.4, 0.5) is 17.1 Å². The zero-order valence-electron chi connectivity index (χ0n) is 9.75. The minimum atomic E-state index is -2.12. The van der Waals surface area contributed by atoms with E-state index in [9.17, 15) is 4.21 Å². The molecular formula is C12H13N3O2S. The average molecular weight is 263 g/mol. The largest absolute Gasteiger partial charge is 0.354 e. The fraction of sp³-hybridized carbons (Fsp3) is 0.0833. The Morgan fingerprint density at radius 3 is 2.83 bits per heavy atom. The number of hydrogen-bond donors (Lipinski definition) is 3. The maximum absolute atomic E-state index is 10.8. The fourth-order valence-corrected chi connectivity index (χ4v) is 1.91. The van der Waals surface area contributed by atoms with E-state index < -0.39 is 11.3 Å². The van der Waals surface area contributed by atoms with Gasteiger partial charge in [-0.25, -0.2) is 4.21 Å². The van der Waals surface area contributed by atoms with E-state index in [1.165, 1.54) is 6.20 Å². The third-order valence-corrected chi connectivity index (χ3v) is 2.71. The predicted molar refractivity (Wildman–Crippen MR) is 73.1 cm³/mol. The third-order valence-electron chi connectivity index (χ3n) is 2.32. The first-order valence-electron chi connectivity index (χ1n) is 5.30. The summed E-state index contributed by atoms with van der Waals surface area (Å²) in [7, 11) is 0. The molecular weight excluding hydrogens is 250 g/mol. The summed E-state index contributed by atoms with van der Waals surface area (Å²) in [6, 6.07) is 9.58. The molecule has 0 amide bonds. The SMILES string of the molecule is Cc1cccc(Nc2ccncc2NS(=O)O)c1. The van der Waals surface area contributed by atoms with Crippen molar-refractivity contribution in [1.29, 1.82) is 0 Å². The van der Waals surface area contributed by atoms with Crippen LogP contribution in [0.5, 0.6) is 0 Å². The molecule has 2 aromatic rings. The number of benzene rings is 1. The van der Waals surface area contributed by atoms with E-state index in [2.05, 4.69) is 15.0 Å². The summed E-state index contributed by atoms with van der Waals surface area (Å²) < 4.78 is 22.0. The number of pyridine rings is 1. The maximum Gasteiger partial charge on any atom is 0.259 e. The first-order chi connectivity index (χ1) is 8.65. The summed E-state index contributed by atoms with van der Waals surface area (Å²) in [6.45, 7) is 2.00. The number of anilines is 3. The molecule has 0 bridgehead atoms. The van der Waals surface area contributed by atoms with Gasteiger partial charge in [-0.05, 0) is 30.7 Å². The molecule has 0 aliphatic rings. The van der Waals surface area contributed by atoms with Gasteiger partial charge in [0.25, 0.3) is 11.3 Å². The monoisotopic (exact) mass is 263 g/mol. The molecule has 1 unspecified atom stereocenters. The van der Waals surface area contributed by atoms with Crippen molar-refractivity contribution in [2.24, 2.45) is 0 Å². The van der Waals surface area contributed by atoms with E-state index in [-0.39, 0.29) is 0 Å². The van der Waals surface area contributed by atoms with Crippen LogP contribution in [0.3, 0.4) is 0 Å². The fourth-order valence-electron chi connectivity index (χ4n) is 1.56. The smallest absolute Gasteiger partial charge is 0.259 e. The Bertz CT molecular complexity index is 575. The topological polar surface area (TPSA) is 74.2 Å². The molecule has 18 heavy (non-hydrogen) atoms. The maximum atomic E-state index is 10.8. The molecule has 5 nitrogen and oxygen atoms in total. The third kappa shape index (κ3) is 3.28. The normalized spacial score (nSPS) is 11.9. The van der Waals surface area contributed by atoms with Gasteiger partial charge in [-0.3, -0.25) is 14.3 Å². The van der Waals surface area contributed by atoms with Crippen LogP contribution in [0.25, 0.3) is 0 Å². The van der Waals surface area contributed by atoms with Crippen LogP contribution in [-0.4, -0.2) is 13.7 Å². The molecule has 0 spiro atoms. The summed E-state index contributed by atoms with van der Waals surface area (Å²) in [4.78, 5) is 3.91. The molecule has 3 N–H and O–H groups in total. The zero-order valence-corrected chi connectivity index (χ0v) is 10.6. The van der Waals surface area contributed by atoms with Crippen molar-refractivity contribution >= 4 is 28.3 Å². The van der Waals surface area contributed by atoms with Crippen molar-refractivity contribution < 1.29 is 8.76 Å². The number of hydrogen-bond acceptors (Lipinski definition) is 3. The molecule has 1 heterocycles. The number of nitrogens with zero attached hydrogens (tertiary/aromatic N) is 1. The molecule has 1 aromatic carbocycles. The summed E-state index contributed by atoms with van der Waals surface area (Å²) in [5.74, 6) is 0. The second-order valence-electron chi connectivity index (χ2n) is 3.77. The van der Waals surface area contributed by atoms with Crippen molar-refractivity contribution in [3.63, 3.8) is 0 Å². The summed E-state index contributed by atoms with van der Waals surface area (Å²) in [5.41, 5.74) is 3.21. The molecule has 6 heteroatoms. The highest BCUT2D eigenvalue weighted by molar-refractivity contribution is 7.80. The quantitative estimate of drug-likeness (QED) is 0.741. The lowest BCUT2D eigenvalue weighted by atomic mass is 10.2. The molecule has 94 valence electrons. The standard InChI is InChI=1S/C12H13N3O2S/c1-9-3-2-4-10(7-9)14-11-5-6-13-8-12(11)15-18(16)17/h2-8,15H,1H3,(H,13,14)(H,16,17). The Labute approximate surface area is 108 Å². The lowest BCUT2D eigenvalue weighted by Gasteiger charge is -2.11. The average Bonchev–Trinajstić information content (AvgIpc) is 2.31. The van der Waals surface area contributed by atoms with Crippen molar-refractivity contribution in [2.45, 2.75) is 6.92 Å².